The number of para-hydroxylation sites is 1. The normalized spacial score (nSPS) is 16.3. The first kappa shape index (κ1) is 64.9. The maximum absolute atomic E-state index is 14.8. The number of carboxylic acid groups (broad SMARTS) is 1. The number of phenolic OH excluding ortho intramolecular Hbond substituents is 1. The predicted octanol–water partition coefficient (Wildman–Crippen LogP) is -2.87. The third-order valence-corrected chi connectivity index (χ3v) is 13.6. The number of rotatable bonds is 30. The minimum absolute atomic E-state index is 0.0949. The fourth-order valence-corrected chi connectivity index (χ4v) is 9.25. The highest BCUT2D eigenvalue weighted by atomic mass is 16.4. The Hall–Kier alpha value is -8.95. The number of hydrogen-bond acceptors (Lipinski definition) is 15. The van der Waals surface area contributed by atoms with Crippen LogP contribution in [0.3, 0.4) is 0 Å². The number of aromatic amines is 1. The number of phenols is 1. The van der Waals surface area contributed by atoms with Crippen molar-refractivity contribution in [2.45, 2.75) is 133 Å². The molecule has 0 spiro atoms. The van der Waals surface area contributed by atoms with Gasteiger partial charge >= 0.3 is 5.97 Å². The summed E-state index contributed by atoms with van der Waals surface area (Å²) in [6.45, 7) is 4.69. The van der Waals surface area contributed by atoms with Crippen molar-refractivity contribution in [3.05, 3.63) is 102 Å². The summed E-state index contributed by atoms with van der Waals surface area (Å²) in [7, 11) is 0. The number of nitrogens with one attached hydrogen (secondary N) is 9. The number of carboxylic acids is 1. The number of aliphatic hydroxyl groups is 2. The van der Waals surface area contributed by atoms with Crippen molar-refractivity contribution in [1.29, 1.82) is 0 Å². The molecule has 17 N–H and O–H groups in total. The lowest BCUT2D eigenvalue weighted by molar-refractivity contribution is -0.142. The molecule has 10 amide bonds. The van der Waals surface area contributed by atoms with Crippen LogP contribution in [0.25, 0.3) is 10.9 Å². The average Bonchev–Trinajstić information content (AvgIpc) is 4.31. The van der Waals surface area contributed by atoms with E-state index < -0.39 is 145 Å². The molecule has 83 heavy (non-hydrogen) atoms. The van der Waals surface area contributed by atoms with Gasteiger partial charge in [-0.2, -0.15) is 0 Å². The van der Waals surface area contributed by atoms with Crippen LogP contribution < -0.4 is 54.0 Å². The Kier molecular flexibility index (Phi) is 24.0. The molecule has 3 aromatic carbocycles. The molecule has 10 atom stereocenters. The molecule has 5 rings (SSSR count). The number of nitrogens with two attached hydrogens (primary N) is 2. The van der Waals surface area contributed by atoms with Gasteiger partial charge in [-0.1, -0.05) is 74.5 Å². The fourth-order valence-electron chi connectivity index (χ4n) is 9.25. The number of fused-ring (bicyclic) bond motifs is 1. The molecule has 27 nitrogen and oxygen atoms in total. The lowest BCUT2D eigenvalue weighted by Crippen LogP contribution is -2.61. The van der Waals surface area contributed by atoms with Crippen molar-refractivity contribution in [3.63, 3.8) is 0 Å². The van der Waals surface area contributed by atoms with Gasteiger partial charge in [-0.3, -0.25) is 52.7 Å². The van der Waals surface area contributed by atoms with Crippen molar-refractivity contribution in [2.75, 3.05) is 19.7 Å². The highest BCUT2D eigenvalue weighted by Crippen LogP contribution is 2.23. The standard InChI is InChI=1S/C56H74N12O15/c1-29(2)21-43(66-49(76)37(57)28-69)56(83)68-20-10-15-44(68)54(81)65-40(23-33-16-18-35(71)19-17-33)51(78)63-41(24-34-26-59-38-14-9-8-13-36(34)38)52(79)64-42(25-45(58)72)53(80)62-39(22-32-11-6-5-7-12-32)50(77)61-30(3)48(75)67-47(31(4)70)55(82)60-27-46(73)74/h5-9,11-14,16-19,26,29-31,37,39-44,47,59,69-71H,10,15,20-25,27-28,57H2,1-4H3,(H2,58,72)(H,60,82)(H,61,77)(H,62,80)(H,63,78)(H,64,79)(H,65,81)(H,66,76)(H,67,75)(H,73,74)/t30-,31+,37-,39-,40-,41-,42-,43-,44-,47-/m0/s1. The number of hydrogen-bond donors (Lipinski definition) is 15. The van der Waals surface area contributed by atoms with Gasteiger partial charge in [0.15, 0.2) is 0 Å². The Morgan fingerprint density at radius 1 is 0.651 bits per heavy atom. The molecule has 0 bridgehead atoms. The molecule has 0 unspecified atom stereocenters. The number of nitrogens with zero attached hydrogens (tertiary/aromatic N) is 1. The predicted molar refractivity (Wildman–Crippen MR) is 299 cm³/mol. The Labute approximate surface area is 477 Å². The van der Waals surface area contributed by atoms with E-state index in [9.17, 15) is 68.1 Å². The minimum atomic E-state index is -1.81. The molecular weight excluding hydrogens is 1080 g/mol. The van der Waals surface area contributed by atoms with E-state index in [0.29, 0.717) is 34.0 Å². The largest absolute Gasteiger partial charge is 0.508 e. The van der Waals surface area contributed by atoms with Gasteiger partial charge in [-0.25, -0.2) is 0 Å². The van der Waals surface area contributed by atoms with Gasteiger partial charge in [0.25, 0.3) is 0 Å². The molecule has 1 aromatic heterocycles. The smallest absolute Gasteiger partial charge is 0.322 e. The second kappa shape index (κ2) is 30.8. The average molecular weight is 1160 g/mol. The van der Waals surface area contributed by atoms with Crippen LogP contribution in [0.4, 0.5) is 0 Å². The zero-order chi connectivity index (χ0) is 61.1. The molecule has 1 fully saturated rings. The first-order chi connectivity index (χ1) is 39.3. The molecular formula is C56H74N12O15. The van der Waals surface area contributed by atoms with Crippen LogP contribution in [0.1, 0.15) is 70.1 Å². The van der Waals surface area contributed by atoms with Gasteiger partial charge in [0, 0.05) is 42.9 Å². The highest BCUT2D eigenvalue weighted by molar-refractivity contribution is 6.00. The first-order valence-corrected chi connectivity index (χ1v) is 27.0. The summed E-state index contributed by atoms with van der Waals surface area (Å²) in [5, 5.41) is 59.3. The van der Waals surface area contributed by atoms with Gasteiger partial charge in [0.05, 0.1) is 19.1 Å². The molecule has 4 aromatic rings. The van der Waals surface area contributed by atoms with E-state index in [1.165, 1.54) is 43.0 Å². The summed E-state index contributed by atoms with van der Waals surface area (Å²) in [4.78, 5) is 153. The number of aromatic nitrogens is 1. The SMILES string of the molecule is CC(C)C[C@H](NC(=O)[C@@H](N)CO)C(=O)N1CCC[C@H]1C(=O)N[C@@H](Cc1ccc(O)cc1)C(=O)N[C@@H](Cc1c[nH]c2ccccc12)C(=O)N[C@@H](CC(N)=O)C(=O)N[C@@H](Cc1ccccc1)C(=O)N[C@@H](C)C(=O)N[C@H](C(=O)NCC(=O)O)[C@@H](C)O. The lowest BCUT2D eigenvalue weighted by atomic mass is 10.0. The Balaban J connectivity index is 1.43. The number of carbonyl (C=O) groups is 11. The van der Waals surface area contributed by atoms with Gasteiger partial charge in [-0.05, 0) is 73.9 Å². The number of amides is 10. The lowest BCUT2D eigenvalue weighted by Gasteiger charge is -2.31. The fraction of sp³-hybridized carbons (Fsp3) is 0.446. The van der Waals surface area contributed by atoms with E-state index >= 15 is 0 Å². The van der Waals surface area contributed by atoms with Crippen LogP contribution in [0, 0.1) is 5.92 Å². The van der Waals surface area contributed by atoms with Gasteiger partial charge in [-0.15, -0.1) is 0 Å². The van der Waals surface area contributed by atoms with Crippen molar-refractivity contribution < 1.29 is 73.2 Å². The van der Waals surface area contributed by atoms with Gasteiger partial charge in [0.2, 0.25) is 59.1 Å². The van der Waals surface area contributed by atoms with E-state index in [1.54, 1.807) is 60.8 Å². The van der Waals surface area contributed by atoms with Crippen molar-refractivity contribution >= 4 is 75.9 Å². The Bertz CT molecular complexity index is 2960. The van der Waals surface area contributed by atoms with E-state index in [2.05, 4.69) is 47.5 Å². The summed E-state index contributed by atoms with van der Waals surface area (Å²) in [6.07, 6.45) is -0.710. The minimum Gasteiger partial charge on any atom is -0.508 e. The molecule has 1 saturated heterocycles. The molecule has 27 heteroatoms. The second-order valence-corrected chi connectivity index (χ2v) is 20.8. The maximum Gasteiger partial charge on any atom is 0.322 e. The summed E-state index contributed by atoms with van der Waals surface area (Å²) >= 11 is 0. The van der Waals surface area contributed by atoms with Crippen molar-refractivity contribution in [3.8, 4) is 5.75 Å². The van der Waals surface area contributed by atoms with E-state index in [0.717, 1.165) is 0 Å². The number of likely N-dealkylation sites (tertiary alicyclic amines) is 1. The Morgan fingerprint density at radius 2 is 1.20 bits per heavy atom. The van der Waals surface area contributed by atoms with E-state index in [-0.39, 0.29) is 50.3 Å². The van der Waals surface area contributed by atoms with Crippen LogP contribution in [-0.2, 0) is 72.0 Å². The highest BCUT2D eigenvalue weighted by Gasteiger charge is 2.41. The van der Waals surface area contributed by atoms with E-state index in [4.69, 9.17) is 16.6 Å². The van der Waals surface area contributed by atoms with Gasteiger partial charge < -0.3 is 84.3 Å². The molecule has 1 aliphatic heterocycles. The Morgan fingerprint density at radius 3 is 1.81 bits per heavy atom. The van der Waals surface area contributed by atoms with Crippen molar-refractivity contribution in [2.24, 2.45) is 17.4 Å². The van der Waals surface area contributed by atoms with Crippen LogP contribution in [0.15, 0.2) is 85.1 Å². The number of aromatic hydroxyl groups is 1. The number of aliphatic carboxylic acids is 1. The number of H-pyrrole nitrogens is 1. The van der Waals surface area contributed by atoms with E-state index in [1.807, 2.05) is 13.8 Å². The monoisotopic (exact) mass is 1150 g/mol. The molecule has 448 valence electrons. The summed E-state index contributed by atoms with van der Waals surface area (Å²) in [5.41, 5.74) is 13.5. The number of primary amides is 1. The number of benzene rings is 3. The first-order valence-electron chi connectivity index (χ1n) is 27.0. The third kappa shape index (κ3) is 19.3. The van der Waals surface area contributed by atoms with Crippen LogP contribution in [-0.4, -0.2) is 176 Å². The summed E-state index contributed by atoms with van der Waals surface area (Å²) in [5.74, 6) is -10.8. The topological polar surface area (TPSA) is 436 Å². The number of carbonyl (C=O) groups excluding carboxylic acids is 10. The summed E-state index contributed by atoms with van der Waals surface area (Å²) < 4.78 is 0. The van der Waals surface area contributed by atoms with Crippen LogP contribution in [0.2, 0.25) is 0 Å². The maximum atomic E-state index is 14.8. The summed E-state index contributed by atoms with van der Waals surface area (Å²) in [6, 6.07) is 8.03. The quantitative estimate of drug-likeness (QED) is 0.0250. The van der Waals surface area contributed by atoms with Crippen molar-refractivity contribution in [1.82, 2.24) is 52.4 Å². The molecule has 0 aliphatic carbocycles. The molecule has 1 aliphatic rings. The van der Waals surface area contributed by atoms with Crippen LogP contribution in [0.5, 0.6) is 5.75 Å². The zero-order valence-electron chi connectivity index (χ0n) is 46.4. The second-order valence-electron chi connectivity index (χ2n) is 20.8. The zero-order valence-corrected chi connectivity index (χ0v) is 46.4. The molecule has 0 radical (unpaired) electrons. The molecule has 0 saturated carbocycles. The molecule has 2 heterocycles. The van der Waals surface area contributed by atoms with Gasteiger partial charge in [0.1, 0.15) is 66.7 Å². The number of aliphatic hydroxyl groups excluding tert-OH is 2. The third-order valence-electron chi connectivity index (χ3n) is 13.6. The van der Waals surface area contributed by atoms with Crippen LogP contribution >= 0.6 is 0 Å².